The molecule has 0 aromatic heterocycles. The minimum atomic E-state index is -5.44. The van der Waals surface area contributed by atoms with Crippen LogP contribution in [0.5, 0.6) is 0 Å². The summed E-state index contributed by atoms with van der Waals surface area (Å²) in [7, 11) is 0. The maximum Gasteiger partial charge on any atom is 0.423 e. The van der Waals surface area contributed by atoms with Crippen LogP contribution in [0.2, 0.25) is 0 Å². The number of esters is 1. The monoisotopic (exact) mass is 314 g/mol. The van der Waals surface area contributed by atoms with Gasteiger partial charge in [-0.05, 0) is 26.2 Å². The van der Waals surface area contributed by atoms with E-state index in [0.29, 0.717) is 0 Å². The molecule has 3 rings (SSSR count). The molecule has 0 radical (unpaired) electrons. The largest absolute Gasteiger partial charge is 0.458 e. The summed E-state index contributed by atoms with van der Waals surface area (Å²) in [5.41, 5.74) is -4.08. The van der Waals surface area contributed by atoms with E-state index in [1.807, 2.05) is 0 Å². The van der Waals surface area contributed by atoms with E-state index in [0.717, 1.165) is 0 Å². The number of hydrogen-bond donors (Lipinski definition) is 1. The fourth-order valence-corrected chi connectivity index (χ4v) is 3.27. The molecular weight excluding hydrogens is 299 g/mol. The maximum absolute atomic E-state index is 14.2. The second kappa shape index (κ2) is 4.66. The number of carbonyl (C=O) groups excluding carboxylic acids is 1. The van der Waals surface area contributed by atoms with Crippen LogP contribution >= 0.6 is 0 Å². The normalized spacial score (nSPS) is 38.1. The summed E-state index contributed by atoms with van der Waals surface area (Å²) >= 11 is 0. The van der Waals surface area contributed by atoms with Crippen molar-refractivity contribution in [2.45, 2.75) is 50.0 Å². The van der Waals surface area contributed by atoms with Gasteiger partial charge in [-0.2, -0.15) is 13.2 Å². The summed E-state index contributed by atoms with van der Waals surface area (Å²) in [5, 5.41) is 9.65. The smallest absolute Gasteiger partial charge is 0.423 e. The lowest BCUT2D eigenvalue weighted by Crippen LogP contribution is -2.73. The van der Waals surface area contributed by atoms with Crippen molar-refractivity contribution in [3.8, 4) is 0 Å². The predicted molar refractivity (Wildman–Crippen MR) is 61.5 cm³/mol. The molecule has 0 aromatic carbocycles. The Morgan fingerprint density at radius 1 is 1.33 bits per heavy atom. The van der Waals surface area contributed by atoms with Gasteiger partial charge in [-0.25, -0.2) is 13.6 Å². The Morgan fingerprint density at radius 2 is 1.90 bits per heavy atom. The lowest BCUT2D eigenvalue weighted by molar-refractivity contribution is -0.395. The number of halogens is 5. The number of carbonyl (C=O) groups is 1. The van der Waals surface area contributed by atoms with Crippen molar-refractivity contribution in [2.24, 2.45) is 11.8 Å². The maximum atomic E-state index is 14.2. The van der Waals surface area contributed by atoms with Gasteiger partial charge in [0.2, 0.25) is 5.60 Å². The highest BCUT2D eigenvalue weighted by atomic mass is 19.4. The van der Waals surface area contributed by atoms with E-state index in [2.05, 4.69) is 6.58 Å². The molecule has 0 spiro atoms. The van der Waals surface area contributed by atoms with E-state index in [4.69, 9.17) is 4.74 Å². The zero-order chi connectivity index (χ0) is 16.2. The molecule has 3 nitrogen and oxygen atoms in total. The van der Waals surface area contributed by atoms with Crippen LogP contribution in [0, 0.1) is 11.8 Å². The number of alkyl halides is 5. The van der Waals surface area contributed by atoms with Crippen LogP contribution in [0.3, 0.4) is 0 Å². The number of fused-ring (bicyclic) bond motifs is 3. The third-order valence-electron chi connectivity index (χ3n) is 4.40. The minimum absolute atomic E-state index is 0.0224. The van der Waals surface area contributed by atoms with Gasteiger partial charge < -0.3 is 9.84 Å². The lowest BCUT2D eigenvalue weighted by atomic mass is 9.58. The van der Waals surface area contributed by atoms with E-state index in [1.165, 1.54) is 6.92 Å². The van der Waals surface area contributed by atoms with E-state index >= 15 is 0 Å². The van der Waals surface area contributed by atoms with Gasteiger partial charge >= 0.3 is 12.1 Å². The summed E-state index contributed by atoms with van der Waals surface area (Å²) in [6.45, 7) is 4.61. The van der Waals surface area contributed by atoms with Crippen molar-refractivity contribution in [3.63, 3.8) is 0 Å². The van der Waals surface area contributed by atoms with Crippen molar-refractivity contribution in [1.29, 1.82) is 0 Å². The molecule has 3 aliphatic rings. The Labute approximate surface area is 117 Å². The van der Waals surface area contributed by atoms with E-state index in [1.54, 1.807) is 0 Å². The number of aliphatic hydroxyl groups is 1. The third kappa shape index (κ3) is 2.15. The Balaban J connectivity index is 2.32. The van der Waals surface area contributed by atoms with Crippen LogP contribution in [0.25, 0.3) is 0 Å². The minimum Gasteiger partial charge on any atom is -0.458 e. The van der Waals surface area contributed by atoms with E-state index < -0.39 is 48.0 Å². The van der Waals surface area contributed by atoms with Gasteiger partial charge in [0.15, 0.2) is 0 Å². The van der Waals surface area contributed by atoms with E-state index in [9.17, 15) is 31.9 Å². The van der Waals surface area contributed by atoms with Gasteiger partial charge in [0.25, 0.3) is 5.92 Å². The average Bonchev–Trinajstić information content (AvgIpc) is 2.33. The second-order valence-electron chi connectivity index (χ2n) is 5.73. The summed E-state index contributed by atoms with van der Waals surface area (Å²) in [6.07, 6.45) is -7.63. The highest BCUT2D eigenvalue weighted by Crippen LogP contribution is 2.61. The molecule has 0 amide bonds. The molecule has 0 saturated heterocycles. The molecule has 1 N–H and O–H groups in total. The van der Waals surface area contributed by atoms with Crippen molar-refractivity contribution in [3.05, 3.63) is 12.2 Å². The molecule has 8 heteroatoms. The van der Waals surface area contributed by atoms with Crippen LogP contribution in [0.4, 0.5) is 22.0 Å². The average molecular weight is 314 g/mol. The molecule has 0 heterocycles. The van der Waals surface area contributed by atoms with Crippen molar-refractivity contribution in [2.75, 3.05) is 0 Å². The Bertz CT molecular complexity index is 473. The Hall–Kier alpha value is -1.18. The number of hydrogen-bond acceptors (Lipinski definition) is 3. The molecule has 3 saturated carbocycles. The molecule has 0 aromatic rings. The first-order valence-electron chi connectivity index (χ1n) is 6.46. The first kappa shape index (κ1) is 16.2. The Kier molecular flexibility index (Phi) is 3.59. The molecular formula is C13H15F5O3. The van der Waals surface area contributed by atoms with Crippen LogP contribution in [0.15, 0.2) is 12.2 Å². The molecule has 4 atom stereocenters. The molecule has 0 aliphatic heterocycles. The molecule has 3 fully saturated rings. The van der Waals surface area contributed by atoms with Crippen molar-refractivity contribution >= 4 is 5.97 Å². The first-order chi connectivity index (χ1) is 9.43. The lowest BCUT2D eigenvalue weighted by Gasteiger charge is -2.56. The Morgan fingerprint density at radius 3 is 2.33 bits per heavy atom. The summed E-state index contributed by atoms with van der Waals surface area (Å²) < 4.78 is 72.0. The SMILES string of the molecule is C=C(C)C(=O)OC1CC2CCC1C(F)(F)C2(O)C(F)(F)F. The standard InChI is InChI=1S/C13H15F5O3/c1-6(2)10(19)21-9-5-7-3-4-8(9)12(14,15)11(7,20)13(16,17)18/h7-9,20H,1,3-5H2,2H3. The van der Waals surface area contributed by atoms with Crippen molar-refractivity contribution < 1.29 is 36.6 Å². The topological polar surface area (TPSA) is 46.5 Å². The molecule has 120 valence electrons. The summed E-state index contributed by atoms with van der Waals surface area (Å²) in [5.74, 6) is -8.86. The van der Waals surface area contributed by atoms with Crippen molar-refractivity contribution in [1.82, 2.24) is 0 Å². The van der Waals surface area contributed by atoms with Gasteiger partial charge in [-0.3, -0.25) is 0 Å². The fourth-order valence-electron chi connectivity index (χ4n) is 3.27. The molecule has 2 bridgehead atoms. The second-order valence-corrected chi connectivity index (χ2v) is 5.73. The summed E-state index contributed by atoms with van der Waals surface area (Å²) in [6, 6.07) is 0. The highest BCUT2D eigenvalue weighted by molar-refractivity contribution is 5.87. The van der Waals surface area contributed by atoms with Gasteiger partial charge in [0.05, 0.1) is 5.92 Å². The van der Waals surface area contributed by atoms with Crippen LogP contribution < -0.4 is 0 Å². The van der Waals surface area contributed by atoms with Gasteiger partial charge in [0.1, 0.15) is 6.10 Å². The van der Waals surface area contributed by atoms with Crippen LogP contribution in [-0.2, 0) is 9.53 Å². The first-order valence-corrected chi connectivity index (χ1v) is 6.46. The van der Waals surface area contributed by atoms with Gasteiger partial charge in [-0.15, -0.1) is 0 Å². The number of ether oxygens (including phenoxy) is 1. The van der Waals surface area contributed by atoms with Crippen LogP contribution in [0.1, 0.15) is 26.2 Å². The van der Waals surface area contributed by atoms with Gasteiger partial charge in [0, 0.05) is 11.5 Å². The molecule has 4 unspecified atom stereocenters. The molecule has 3 aliphatic carbocycles. The predicted octanol–water partition coefficient (Wildman–Crippen LogP) is 2.83. The quantitative estimate of drug-likeness (QED) is 0.484. The third-order valence-corrected chi connectivity index (χ3v) is 4.40. The van der Waals surface area contributed by atoms with Gasteiger partial charge in [-0.1, -0.05) is 6.58 Å². The fraction of sp³-hybridized carbons (Fsp3) is 0.769. The highest BCUT2D eigenvalue weighted by Gasteiger charge is 2.79. The van der Waals surface area contributed by atoms with Crippen LogP contribution in [-0.4, -0.2) is 34.9 Å². The van der Waals surface area contributed by atoms with E-state index in [-0.39, 0.29) is 18.4 Å². The zero-order valence-corrected chi connectivity index (χ0v) is 11.2. The zero-order valence-electron chi connectivity index (χ0n) is 11.2. The summed E-state index contributed by atoms with van der Waals surface area (Å²) in [4.78, 5) is 11.4. The molecule has 21 heavy (non-hydrogen) atoms. The number of rotatable bonds is 2.